The minimum atomic E-state index is -0.426. The van der Waals surface area contributed by atoms with Crippen LogP contribution in [-0.4, -0.2) is 70.7 Å². The number of ether oxygens (including phenoxy) is 4. The van der Waals surface area contributed by atoms with Gasteiger partial charge in [-0.25, -0.2) is 9.59 Å². The Morgan fingerprint density at radius 1 is 0.900 bits per heavy atom. The maximum absolute atomic E-state index is 12.4. The fraction of sp³-hybridized carbons (Fsp3) is 0.391. The van der Waals surface area contributed by atoms with E-state index in [2.05, 4.69) is 29.0 Å². The molecule has 0 N–H and O–H groups in total. The SMILES string of the molecule is COC(=O)COCCOCCN(C)C(=O)OCC1c2ccccc2-c2ccccc21. The van der Waals surface area contributed by atoms with E-state index in [0.29, 0.717) is 26.4 Å². The second kappa shape index (κ2) is 10.8. The molecule has 1 aliphatic rings. The van der Waals surface area contributed by atoms with Crippen LogP contribution in [0.25, 0.3) is 11.1 Å². The summed E-state index contributed by atoms with van der Waals surface area (Å²) in [6.45, 7) is 1.55. The van der Waals surface area contributed by atoms with Gasteiger partial charge in [-0.15, -0.1) is 0 Å². The highest BCUT2D eigenvalue weighted by atomic mass is 16.6. The van der Waals surface area contributed by atoms with Gasteiger partial charge in [-0.05, 0) is 22.3 Å². The molecule has 2 aromatic carbocycles. The molecule has 0 fully saturated rings. The van der Waals surface area contributed by atoms with Gasteiger partial charge in [0.05, 0.1) is 26.9 Å². The van der Waals surface area contributed by atoms with E-state index < -0.39 is 5.97 Å². The molecule has 7 nitrogen and oxygen atoms in total. The van der Waals surface area contributed by atoms with Crippen molar-refractivity contribution in [1.29, 1.82) is 0 Å². The van der Waals surface area contributed by atoms with E-state index in [9.17, 15) is 9.59 Å². The third kappa shape index (κ3) is 5.37. The number of carbonyl (C=O) groups is 2. The number of methoxy groups -OCH3 is 1. The Bertz CT molecular complexity index is 823. The van der Waals surface area contributed by atoms with Crippen LogP contribution in [0, 0.1) is 0 Å². The predicted octanol–water partition coefficient (Wildman–Crippen LogP) is 3.07. The Hall–Kier alpha value is -2.90. The number of likely N-dealkylation sites (N-methyl/N-ethyl adjacent to an activating group) is 1. The van der Waals surface area contributed by atoms with Gasteiger partial charge in [0.25, 0.3) is 0 Å². The van der Waals surface area contributed by atoms with Crippen LogP contribution in [0.15, 0.2) is 48.5 Å². The zero-order valence-electron chi connectivity index (χ0n) is 17.3. The Labute approximate surface area is 176 Å². The number of amides is 1. The number of hydrogen-bond acceptors (Lipinski definition) is 6. The first-order valence-corrected chi connectivity index (χ1v) is 9.90. The number of carbonyl (C=O) groups excluding carboxylic acids is 2. The summed E-state index contributed by atoms with van der Waals surface area (Å²) in [6.07, 6.45) is -0.387. The van der Waals surface area contributed by atoms with Crippen LogP contribution < -0.4 is 0 Å². The standard InChI is InChI=1S/C23H27NO6/c1-24(11-12-28-13-14-29-16-22(25)27-2)23(26)30-15-21-19-9-5-3-7-17(19)18-8-4-6-10-20(18)21/h3-10,21H,11-16H2,1-2H3. The summed E-state index contributed by atoms with van der Waals surface area (Å²) in [7, 11) is 2.98. The molecule has 0 atom stereocenters. The minimum Gasteiger partial charge on any atom is -0.467 e. The number of benzene rings is 2. The Morgan fingerprint density at radius 3 is 2.13 bits per heavy atom. The van der Waals surface area contributed by atoms with Crippen molar-refractivity contribution >= 4 is 12.1 Å². The molecule has 0 saturated heterocycles. The molecule has 0 spiro atoms. The molecule has 0 aromatic heterocycles. The summed E-state index contributed by atoms with van der Waals surface area (Å²) in [5, 5.41) is 0. The average Bonchev–Trinajstić information content (AvgIpc) is 3.10. The summed E-state index contributed by atoms with van der Waals surface area (Å²) in [6, 6.07) is 16.5. The van der Waals surface area contributed by atoms with E-state index in [4.69, 9.17) is 14.2 Å². The highest BCUT2D eigenvalue weighted by molar-refractivity contribution is 5.79. The smallest absolute Gasteiger partial charge is 0.409 e. The fourth-order valence-electron chi connectivity index (χ4n) is 3.43. The first-order valence-electron chi connectivity index (χ1n) is 9.90. The predicted molar refractivity (Wildman–Crippen MR) is 111 cm³/mol. The lowest BCUT2D eigenvalue weighted by molar-refractivity contribution is -0.146. The van der Waals surface area contributed by atoms with Crippen LogP contribution in [0.1, 0.15) is 17.0 Å². The van der Waals surface area contributed by atoms with Crippen LogP contribution >= 0.6 is 0 Å². The summed E-state index contributed by atoms with van der Waals surface area (Å²) in [5.74, 6) is -0.386. The van der Waals surface area contributed by atoms with E-state index >= 15 is 0 Å². The van der Waals surface area contributed by atoms with Gasteiger partial charge in [-0.3, -0.25) is 0 Å². The van der Waals surface area contributed by atoms with E-state index in [1.54, 1.807) is 7.05 Å². The molecule has 2 aromatic rings. The van der Waals surface area contributed by atoms with Crippen molar-refractivity contribution in [3.8, 4) is 11.1 Å². The minimum absolute atomic E-state index is 0.0398. The van der Waals surface area contributed by atoms with Crippen LogP contribution in [-0.2, 0) is 23.7 Å². The molecule has 3 rings (SSSR count). The van der Waals surface area contributed by atoms with Gasteiger partial charge in [0.2, 0.25) is 0 Å². The van der Waals surface area contributed by atoms with Crippen LogP contribution in [0.4, 0.5) is 4.79 Å². The van der Waals surface area contributed by atoms with E-state index in [0.717, 1.165) is 0 Å². The molecule has 0 heterocycles. The number of hydrogen-bond donors (Lipinski definition) is 0. The maximum Gasteiger partial charge on any atom is 0.409 e. The van der Waals surface area contributed by atoms with E-state index in [-0.39, 0.29) is 25.2 Å². The summed E-state index contributed by atoms with van der Waals surface area (Å²) in [4.78, 5) is 24.8. The summed E-state index contributed by atoms with van der Waals surface area (Å²) < 4.78 is 20.6. The highest BCUT2D eigenvalue weighted by Gasteiger charge is 2.29. The molecular formula is C23H27NO6. The van der Waals surface area contributed by atoms with Gasteiger partial charge in [-0.2, -0.15) is 0 Å². The van der Waals surface area contributed by atoms with Crippen LogP contribution in [0.2, 0.25) is 0 Å². The molecule has 0 aliphatic heterocycles. The van der Waals surface area contributed by atoms with Crippen molar-refractivity contribution in [2.45, 2.75) is 5.92 Å². The molecule has 0 unspecified atom stereocenters. The van der Waals surface area contributed by atoms with Crippen molar-refractivity contribution in [3.63, 3.8) is 0 Å². The van der Waals surface area contributed by atoms with E-state index in [1.165, 1.54) is 34.3 Å². The highest BCUT2D eigenvalue weighted by Crippen LogP contribution is 2.44. The zero-order chi connectivity index (χ0) is 21.3. The van der Waals surface area contributed by atoms with Crippen LogP contribution in [0.3, 0.4) is 0 Å². The zero-order valence-corrected chi connectivity index (χ0v) is 17.3. The monoisotopic (exact) mass is 413 g/mol. The normalized spacial score (nSPS) is 12.2. The largest absolute Gasteiger partial charge is 0.467 e. The summed E-state index contributed by atoms with van der Waals surface area (Å²) in [5.41, 5.74) is 4.77. The number of rotatable bonds is 10. The molecule has 7 heteroatoms. The van der Waals surface area contributed by atoms with Gasteiger partial charge >= 0.3 is 12.1 Å². The van der Waals surface area contributed by atoms with Crippen LogP contribution in [0.5, 0.6) is 0 Å². The molecule has 1 aliphatic carbocycles. The van der Waals surface area contributed by atoms with Crippen molar-refractivity contribution in [2.24, 2.45) is 0 Å². The first-order chi connectivity index (χ1) is 14.6. The number of nitrogens with zero attached hydrogens (tertiary/aromatic N) is 1. The number of fused-ring (bicyclic) bond motifs is 3. The van der Waals surface area contributed by atoms with Gasteiger partial charge < -0.3 is 23.8 Å². The van der Waals surface area contributed by atoms with E-state index in [1.807, 2.05) is 24.3 Å². The maximum atomic E-state index is 12.4. The van der Waals surface area contributed by atoms with Gasteiger partial charge in [-0.1, -0.05) is 48.5 Å². The second-order valence-corrected chi connectivity index (χ2v) is 6.97. The van der Waals surface area contributed by atoms with Crippen molar-refractivity contribution in [3.05, 3.63) is 59.7 Å². The van der Waals surface area contributed by atoms with Crippen molar-refractivity contribution in [2.75, 3.05) is 53.7 Å². The lowest BCUT2D eigenvalue weighted by Gasteiger charge is -2.19. The quantitative estimate of drug-likeness (QED) is 0.440. The number of esters is 1. The Morgan fingerprint density at radius 2 is 1.50 bits per heavy atom. The molecule has 0 bridgehead atoms. The lowest BCUT2D eigenvalue weighted by atomic mass is 9.98. The second-order valence-electron chi connectivity index (χ2n) is 6.97. The Balaban J connectivity index is 1.41. The van der Waals surface area contributed by atoms with Gasteiger partial charge in [0.15, 0.2) is 0 Å². The molecular weight excluding hydrogens is 386 g/mol. The topological polar surface area (TPSA) is 74.3 Å². The van der Waals surface area contributed by atoms with Crippen molar-refractivity contribution in [1.82, 2.24) is 4.90 Å². The molecule has 160 valence electrons. The molecule has 0 radical (unpaired) electrons. The fourth-order valence-corrected chi connectivity index (χ4v) is 3.43. The Kier molecular flexibility index (Phi) is 7.82. The summed E-state index contributed by atoms with van der Waals surface area (Å²) >= 11 is 0. The molecule has 30 heavy (non-hydrogen) atoms. The third-order valence-corrected chi connectivity index (χ3v) is 5.04. The molecule has 0 saturated carbocycles. The average molecular weight is 413 g/mol. The first kappa shape index (κ1) is 21.8. The lowest BCUT2D eigenvalue weighted by Crippen LogP contribution is -2.32. The molecule has 1 amide bonds. The third-order valence-electron chi connectivity index (χ3n) is 5.04. The van der Waals surface area contributed by atoms with Gasteiger partial charge in [0, 0.05) is 19.5 Å². The van der Waals surface area contributed by atoms with Gasteiger partial charge in [0.1, 0.15) is 13.2 Å². The van der Waals surface area contributed by atoms with Crippen molar-refractivity contribution < 1.29 is 28.5 Å².